The Labute approximate surface area is 173 Å². The summed E-state index contributed by atoms with van der Waals surface area (Å²) in [6, 6.07) is 6.05. The molecular formula is C17H22N6O4S2. The lowest BCUT2D eigenvalue weighted by atomic mass is 10.3. The smallest absolute Gasteiger partial charge is 0.243 e. The number of carbonyl (C=O) groups is 2. The number of aromatic amines is 1. The number of H-pyrrole nitrogens is 1. The van der Waals surface area contributed by atoms with E-state index in [0.717, 1.165) is 17.1 Å². The van der Waals surface area contributed by atoms with Crippen LogP contribution in [-0.2, 0) is 26.2 Å². The van der Waals surface area contributed by atoms with Gasteiger partial charge < -0.3 is 10.6 Å². The van der Waals surface area contributed by atoms with Gasteiger partial charge in [0.15, 0.2) is 10.6 Å². The van der Waals surface area contributed by atoms with Crippen molar-refractivity contribution in [2.24, 2.45) is 0 Å². The summed E-state index contributed by atoms with van der Waals surface area (Å²) in [5, 5.41) is 12.1. The fourth-order valence-corrected chi connectivity index (χ4v) is 4.21. The Balaban J connectivity index is 1.59. The van der Waals surface area contributed by atoms with Crippen LogP contribution in [0.2, 0.25) is 0 Å². The zero-order valence-electron chi connectivity index (χ0n) is 16.0. The number of hydrogen-bond acceptors (Lipinski definition) is 6. The molecule has 0 aliphatic heterocycles. The van der Waals surface area contributed by atoms with Gasteiger partial charge in [0, 0.05) is 25.7 Å². The Morgan fingerprint density at radius 3 is 2.55 bits per heavy atom. The second kappa shape index (κ2) is 8.43. The monoisotopic (exact) mass is 438 g/mol. The topological polar surface area (TPSA) is 129 Å². The van der Waals surface area contributed by atoms with E-state index >= 15 is 0 Å². The van der Waals surface area contributed by atoms with Gasteiger partial charge in [0.1, 0.15) is 0 Å². The van der Waals surface area contributed by atoms with Gasteiger partial charge in [0.2, 0.25) is 21.8 Å². The number of anilines is 1. The fourth-order valence-electron chi connectivity index (χ4n) is 2.79. The first kappa shape index (κ1) is 21.1. The maximum Gasteiger partial charge on any atom is 0.243 e. The highest BCUT2D eigenvalue weighted by molar-refractivity contribution is 7.89. The van der Waals surface area contributed by atoms with Gasteiger partial charge in [-0.3, -0.25) is 19.3 Å². The van der Waals surface area contributed by atoms with Gasteiger partial charge in [-0.25, -0.2) is 8.42 Å². The molecule has 0 radical (unpaired) electrons. The first-order valence-corrected chi connectivity index (χ1v) is 10.8. The summed E-state index contributed by atoms with van der Waals surface area (Å²) in [6.07, 6.45) is 2.05. The third-order valence-corrected chi connectivity index (χ3v) is 6.49. The molecule has 12 heteroatoms. The van der Waals surface area contributed by atoms with Gasteiger partial charge in [-0.05, 0) is 49.3 Å². The van der Waals surface area contributed by atoms with Gasteiger partial charge in [0.25, 0.3) is 0 Å². The van der Waals surface area contributed by atoms with E-state index in [0.29, 0.717) is 22.3 Å². The van der Waals surface area contributed by atoms with Crippen LogP contribution >= 0.6 is 12.2 Å². The summed E-state index contributed by atoms with van der Waals surface area (Å²) in [6.45, 7) is 1.17. The van der Waals surface area contributed by atoms with Crippen molar-refractivity contribution >= 4 is 39.7 Å². The van der Waals surface area contributed by atoms with Gasteiger partial charge >= 0.3 is 0 Å². The molecule has 2 amide bonds. The third-order valence-electron chi connectivity index (χ3n) is 4.38. The highest BCUT2D eigenvalue weighted by Crippen LogP contribution is 2.35. The van der Waals surface area contributed by atoms with Crippen molar-refractivity contribution in [2.75, 3.05) is 18.9 Å². The summed E-state index contributed by atoms with van der Waals surface area (Å²) in [5.74, 6) is -0.0930. The Kier molecular flexibility index (Phi) is 6.15. The lowest BCUT2D eigenvalue weighted by Gasteiger charge is -2.17. The summed E-state index contributed by atoms with van der Waals surface area (Å²) in [4.78, 5) is 23.3. The molecule has 3 N–H and O–H groups in total. The predicted octanol–water partition coefficient (Wildman–Crippen LogP) is 1.17. The molecule has 0 spiro atoms. The fraction of sp³-hybridized carbons (Fsp3) is 0.412. The molecule has 2 aromatic rings. The number of aromatic nitrogens is 3. The van der Waals surface area contributed by atoms with Crippen LogP contribution in [0.25, 0.3) is 0 Å². The van der Waals surface area contributed by atoms with Crippen LogP contribution in [0, 0.1) is 4.77 Å². The molecule has 0 saturated heterocycles. The minimum atomic E-state index is -3.85. The van der Waals surface area contributed by atoms with E-state index in [4.69, 9.17) is 12.2 Å². The van der Waals surface area contributed by atoms with E-state index in [1.807, 2.05) is 4.57 Å². The minimum Gasteiger partial charge on any atom is -0.348 e. The number of hydrogen-bond donors (Lipinski definition) is 3. The van der Waals surface area contributed by atoms with E-state index in [2.05, 4.69) is 20.8 Å². The van der Waals surface area contributed by atoms with Crippen LogP contribution < -0.4 is 10.6 Å². The zero-order valence-corrected chi connectivity index (χ0v) is 17.6. The molecule has 0 bridgehead atoms. The van der Waals surface area contributed by atoms with Crippen LogP contribution in [0.4, 0.5) is 5.69 Å². The quantitative estimate of drug-likeness (QED) is 0.531. The second-order valence-corrected chi connectivity index (χ2v) is 9.22. The van der Waals surface area contributed by atoms with E-state index in [1.165, 1.54) is 38.2 Å². The minimum absolute atomic E-state index is 0.0246. The molecule has 1 aromatic heterocycles. The Morgan fingerprint density at radius 1 is 1.31 bits per heavy atom. The molecule has 1 aliphatic carbocycles. The maximum atomic E-state index is 12.7. The van der Waals surface area contributed by atoms with Crippen LogP contribution in [0.1, 0.15) is 31.6 Å². The van der Waals surface area contributed by atoms with Crippen molar-refractivity contribution in [3.05, 3.63) is 34.9 Å². The Bertz CT molecular complexity index is 1070. The molecule has 10 nitrogen and oxygen atoms in total. The molecule has 156 valence electrons. The van der Waals surface area contributed by atoms with Crippen molar-refractivity contribution in [2.45, 2.75) is 37.2 Å². The number of benzene rings is 1. The van der Waals surface area contributed by atoms with Gasteiger partial charge in [-0.2, -0.15) is 9.40 Å². The van der Waals surface area contributed by atoms with E-state index in [9.17, 15) is 18.0 Å². The largest absolute Gasteiger partial charge is 0.348 e. The van der Waals surface area contributed by atoms with E-state index in [-0.39, 0.29) is 23.9 Å². The normalized spacial score (nSPS) is 14.0. The van der Waals surface area contributed by atoms with Crippen molar-refractivity contribution in [3.8, 4) is 0 Å². The van der Waals surface area contributed by atoms with Crippen LogP contribution in [0.15, 0.2) is 29.2 Å². The van der Waals surface area contributed by atoms with E-state index < -0.39 is 15.9 Å². The van der Waals surface area contributed by atoms with Gasteiger partial charge in [-0.15, -0.1) is 0 Å². The van der Waals surface area contributed by atoms with E-state index in [1.54, 1.807) is 0 Å². The third kappa shape index (κ3) is 5.08. The summed E-state index contributed by atoms with van der Waals surface area (Å²) < 4.78 is 28.7. The molecule has 0 unspecified atom stereocenters. The highest BCUT2D eigenvalue weighted by atomic mass is 32.2. The molecule has 0 atom stereocenters. The Hall–Kier alpha value is -2.57. The first-order chi connectivity index (χ1) is 13.7. The molecule has 1 fully saturated rings. The number of nitrogens with zero attached hydrogens (tertiary/aromatic N) is 3. The maximum absolute atomic E-state index is 12.7. The average molecular weight is 439 g/mol. The van der Waals surface area contributed by atoms with Crippen molar-refractivity contribution in [3.63, 3.8) is 0 Å². The number of likely N-dealkylation sites (N-methyl/N-ethyl adjacent to an activating group) is 1. The SMILES string of the molecule is CC(=O)Nc1ccc(S(=O)(=O)N(C)CC(=O)NCc2n[nH]c(=S)n2C2CC2)cc1. The number of amides is 2. The molecule has 3 rings (SSSR count). The van der Waals surface area contributed by atoms with Crippen LogP contribution in [0.5, 0.6) is 0 Å². The molecule has 29 heavy (non-hydrogen) atoms. The molecule has 1 aromatic carbocycles. The first-order valence-electron chi connectivity index (χ1n) is 8.95. The van der Waals surface area contributed by atoms with Crippen molar-refractivity contribution in [1.82, 2.24) is 24.4 Å². The second-order valence-electron chi connectivity index (χ2n) is 6.79. The number of carbonyl (C=O) groups excluding carboxylic acids is 2. The number of sulfonamides is 1. The molecular weight excluding hydrogens is 416 g/mol. The molecule has 1 aliphatic rings. The standard InChI is InChI=1S/C17H22N6O4S2/c1-11(24)19-12-3-7-14(8-4-12)29(26,27)22(2)10-16(25)18-9-15-20-21-17(28)23(15)13-5-6-13/h3-4,7-8,13H,5-6,9-10H2,1-2H3,(H,18,25)(H,19,24)(H,21,28). The Morgan fingerprint density at radius 2 is 1.97 bits per heavy atom. The number of rotatable bonds is 8. The summed E-state index contributed by atoms with van der Waals surface area (Å²) >= 11 is 5.20. The van der Waals surface area contributed by atoms with Gasteiger partial charge in [0.05, 0.1) is 18.0 Å². The average Bonchev–Trinajstić information content (AvgIpc) is 3.42. The van der Waals surface area contributed by atoms with Gasteiger partial charge in [-0.1, -0.05) is 0 Å². The van der Waals surface area contributed by atoms with Crippen LogP contribution in [-0.4, -0.2) is 52.9 Å². The lowest BCUT2D eigenvalue weighted by Crippen LogP contribution is -2.38. The zero-order chi connectivity index (χ0) is 21.2. The van der Waals surface area contributed by atoms with Crippen LogP contribution in [0.3, 0.4) is 0 Å². The lowest BCUT2D eigenvalue weighted by molar-refractivity contribution is -0.121. The highest BCUT2D eigenvalue weighted by Gasteiger charge is 2.27. The summed E-state index contributed by atoms with van der Waals surface area (Å²) in [5.41, 5.74) is 0.487. The molecule has 1 saturated carbocycles. The predicted molar refractivity (Wildman–Crippen MR) is 108 cm³/mol. The molecule has 1 heterocycles. The van der Waals surface area contributed by atoms with Crippen molar-refractivity contribution in [1.29, 1.82) is 0 Å². The van der Waals surface area contributed by atoms with Crippen molar-refractivity contribution < 1.29 is 18.0 Å². The number of nitrogens with one attached hydrogen (secondary N) is 3. The summed E-state index contributed by atoms with van der Waals surface area (Å²) in [7, 11) is -2.52.